The predicted molar refractivity (Wildman–Crippen MR) is 108 cm³/mol. The van der Waals surface area contributed by atoms with Crippen LogP contribution >= 0.6 is 24.0 Å². The number of likely N-dealkylation sites (tertiary alicyclic amines) is 1. The number of nitrogens with two attached hydrogens (primary N) is 1. The van der Waals surface area contributed by atoms with E-state index < -0.39 is 0 Å². The van der Waals surface area contributed by atoms with Crippen molar-refractivity contribution >= 4 is 29.9 Å². The smallest absolute Gasteiger partial charge is 0.191 e. The van der Waals surface area contributed by atoms with Gasteiger partial charge in [0.05, 0.1) is 13.7 Å². The van der Waals surface area contributed by atoms with Gasteiger partial charge in [-0.3, -0.25) is 4.99 Å². The number of halogens is 1. The molecule has 0 spiro atoms. The van der Waals surface area contributed by atoms with E-state index in [4.69, 9.17) is 10.5 Å². The second-order valence-corrected chi connectivity index (χ2v) is 6.69. The van der Waals surface area contributed by atoms with E-state index in [9.17, 15) is 0 Å². The molecule has 1 aliphatic rings. The normalized spacial score (nSPS) is 16.5. The summed E-state index contributed by atoms with van der Waals surface area (Å²) in [5.41, 5.74) is 7.42. The summed E-state index contributed by atoms with van der Waals surface area (Å²) in [4.78, 5) is 6.90. The minimum atomic E-state index is -0.0389. The van der Waals surface area contributed by atoms with Crippen LogP contribution in [0.5, 0.6) is 5.75 Å². The van der Waals surface area contributed by atoms with Crippen molar-refractivity contribution in [3.8, 4) is 5.75 Å². The maximum absolute atomic E-state index is 6.20. The molecule has 1 aliphatic heterocycles. The van der Waals surface area contributed by atoms with Crippen molar-refractivity contribution in [3.63, 3.8) is 0 Å². The first kappa shape index (κ1) is 20.1. The Balaban J connectivity index is 0.00000264. The van der Waals surface area contributed by atoms with Crippen LogP contribution in [0.15, 0.2) is 29.3 Å². The average molecular weight is 431 g/mol. The van der Waals surface area contributed by atoms with Crippen molar-refractivity contribution in [3.05, 3.63) is 29.8 Å². The molecule has 1 aromatic rings. The number of aliphatic imine (C=N–C) groups is 1. The number of rotatable bonds is 4. The SMILES string of the molecule is COc1ccc(C(C)(C)CN=C(N)N2CCCCCC2)cc1.I. The van der Waals surface area contributed by atoms with Gasteiger partial charge in [-0.05, 0) is 30.5 Å². The molecule has 0 radical (unpaired) electrons. The summed E-state index contributed by atoms with van der Waals surface area (Å²) in [6.45, 7) is 7.18. The zero-order valence-electron chi connectivity index (χ0n) is 14.5. The molecule has 0 bridgehead atoms. The number of hydrogen-bond acceptors (Lipinski definition) is 2. The third-order valence-corrected chi connectivity index (χ3v) is 4.44. The molecular formula is C18H30IN3O. The molecule has 1 aromatic carbocycles. The zero-order valence-corrected chi connectivity index (χ0v) is 16.9. The lowest BCUT2D eigenvalue weighted by molar-refractivity contribution is 0.413. The Hall–Kier alpha value is -0.980. The molecule has 1 saturated heterocycles. The molecule has 5 heteroatoms. The zero-order chi connectivity index (χ0) is 16.0. The summed E-state index contributed by atoms with van der Waals surface area (Å²) in [5, 5.41) is 0. The number of ether oxygens (including phenoxy) is 1. The van der Waals surface area contributed by atoms with E-state index in [-0.39, 0.29) is 29.4 Å². The van der Waals surface area contributed by atoms with Gasteiger partial charge in [-0.1, -0.05) is 38.8 Å². The Bertz CT molecular complexity index is 491. The van der Waals surface area contributed by atoms with Crippen LogP contribution in [0.4, 0.5) is 0 Å². The number of methoxy groups -OCH3 is 1. The summed E-state index contributed by atoms with van der Waals surface area (Å²) in [6.07, 6.45) is 5.05. The van der Waals surface area contributed by atoms with Gasteiger partial charge in [0, 0.05) is 18.5 Å². The molecule has 0 aromatic heterocycles. The third kappa shape index (κ3) is 5.86. The molecule has 23 heavy (non-hydrogen) atoms. The Labute approximate surface area is 157 Å². The summed E-state index contributed by atoms with van der Waals surface area (Å²) < 4.78 is 5.22. The molecule has 2 N–H and O–H groups in total. The van der Waals surface area contributed by atoms with Crippen molar-refractivity contribution in [1.29, 1.82) is 0 Å². The Morgan fingerprint density at radius 2 is 1.70 bits per heavy atom. The lowest BCUT2D eigenvalue weighted by atomic mass is 9.85. The Morgan fingerprint density at radius 1 is 1.13 bits per heavy atom. The highest BCUT2D eigenvalue weighted by Gasteiger charge is 2.21. The fourth-order valence-electron chi connectivity index (χ4n) is 2.81. The van der Waals surface area contributed by atoms with Gasteiger partial charge in [0.2, 0.25) is 0 Å². The standard InChI is InChI=1S/C18H29N3O.HI/c1-18(2,15-8-10-16(22-3)11-9-15)14-20-17(19)21-12-6-4-5-7-13-21;/h8-11H,4-7,12-14H2,1-3H3,(H2,19,20);1H. The predicted octanol–water partition coefficient (Wildman–Crippen LogP) is 3.78. The molecule has 1 heterocycles. The average Bonchev–Trinajstić information content (AvgIpc) is 2.82. The van der Waals surface area contributed by atoms with Crippen LogP contribution < -0.4 is 10.5 Å². The maximum Gasteiger partial charge on any atom is 0.191 e. The third-order valence-electron chi connectivity index (χ3n) is 4.44. The topological polar surface area (TPSA) is 50.9 Å². The second kappa shape index (κ2) is 9.35. The van der Waals surface area contributed by atoms with Gasteiger partial charge in [0.25, 0.3) is 0 Å². The van der Waals surface area contributed by atoms with Crippen LogP contribution in [0.25, 0.3) is 0 Å². The molecule has 4 nitrogen and oxygen atoms in total. The van der Waals surface area contributed by atoms with Gasteiger partial charge in [-0.25, -0.2) is 0 Å². The molecule has 0 saturated carbocycles. The fourth-order valence-corrected chi connectivity index (χ4v) is 2.81. The number of nitrogens with zero attached hydrogens (tertiary/aromatic N) is 2. The van der Waals surface area contributed by atoms with Crippen LogP contribution in [0.3, 0.4) is 0 Å². The highest BCUT2D eigenvalue weighted by molar-refractivity contribution is 14.0. The van der Waals surface area contributed by atoms with E-state index in [1.54, 1.807) is 7.11 Å². The van der Waals surface area contributed by atoms with Crippen molar-refractivity contribution in [2.45, 2.75) is 44.9 Å². The summed E-state index contributed by atoms with van der Waals surface area (Å²) in [5.74, 6) is 1.58. The van der Waals surface area contributed by atoms with E-state index in [0.717, 1.165) is 18.8 Å². The van der Waals surface area contributed by atoms with Crippen molar-refractivity contribution in [2.75, 3.05) is 26.7 Å². The summed E-state index contributed by atoms with van der Waals surface area (Å²) in [6, 6.07) is 8.21. The minimum Gasteiger partial charge on any atom is -0.497 e. The lowest BCUT2D eigenvalue weighted by Crippen LogP contribution is -2.39. The molecule has 2 rings (SSSR count). The molecule has 0 unspecified atom stereocenters. The van der Waals surface area contributed by atoms with Crippen LogP contribution in [0, 0.1) is 0 Å². The van der Waals surface area contributed by atoms with Crippen molar-refractivity contribution in [2.24, 2.45) is 10.7 Å². The van der Waals surface area contributed by atoms with Gasteiger partial charge in [-0.15, -0.1) is 24.0 Å². The summed E-state index contributed by atoms with van der Waals surface area (Å²) >= 11 is 0. The van der Waals surface area contributed by atoms with E-state index >= 15 is 0 Å². The van der Waals surface area contributed by atoms with Gasteiger partial charge >= 0.3 is 0 Å². The number of benzene rings is 1. The van der Waals surface area contributed by atoms with Gasteiger partial charge in [-0.2, -0.15) is 0 Å². The molecule has 0 aliphatic carbocycles. The van der Waals surface area contributed by atoms with Crippen LogP contribution in [0.2, 0.25) is 0 Å². The lowest BCUT2D eigenvalue weighted by Gasteiger charge is -2.26. The van der Waals surface area contributed by atoms with Crippen LogP contribution in [-0.4, -0.2) is 37.6 Å². The van der Waals surface area contributed by atoms with Crippen molar-refractivity contribution in [1.82, 2.24) is 4.90 Å². The van der Waals surface area contributed by atoms with Gasteiger partial charge < -0.3 is 15.4 Å². The minimum absolute atomic E-state index is 0. The van der Waals surface area contributed by atoms with Crippen molar-refractivity contribution < 1.29 is 4.74 Å². The van der Waals surface area contributed by atoms with E-state index in [2.05, 4.69) is 35.9 Å². The van der Waals surface area contributed by atoms with Gasteiger partial charge in [0.15, 0.2) is 5.96 Å². The molecule has 1 fully saturated rings. The van der Waals surface area contributed by atoms with Crippen LogP contribution in [-0.2, 0) is 5.41 Å². The monoisotopic (exact) mass is 431 g/mol. The van der Waals surface area contributed by atoms with E-state index in [1.165, 1.54) is 31.2 Å². The number of guanidine groups is 1. The largest absolute Gasteiger partial charge is 0.497 e. The Kier molecular flexibility index (Phi) is 8.16. The molecule has 130 valence electrons. The second-order valence-electron chi connectivity index (χ2n) is 6.69. The Morgan fingerprint density at radius 3 is 2.22 bits per heavy atom. The fraction of sp³-hybridized carbons (Fsp3) is 0.611. The van der Waals surface area contributed by atoms with Crippen LogP contribution in [0.1, 0.15) is 45.1 Å². The highest BCUT2D eigenvalue weighted by atomic mass is 127. The molecule has 0 amide bonds. The maximum atomic E-state index is 6.20. The molecule has 0 atom stereocenters. The highest BCUT2D eigenvalue weighted by Crippen LogP contribution is 2.25. The number of hydrogen-bond donors (Lipinski definition) is 1. The first-order chi connectivity index (χ1) is 10.5. The van der Waals surface area contributed by atoms with E-state index in [0.29, 0.717) is 12.5 Å². The first-order valence-corrected chi connectivity index (χ1v) is 8.22. The van der Waals surface area contributed by atoms with E-state index in [1.807, 2.05) is 12.1 Å². The molecular weight excluding hydrogens is 401 g/mol. The summed E-state index contributed by atoms with van der Waals surface area (Å²) in [7, 11) is 1.69. The quantitative estimate of drug-likeness (QED) is 0.449. The first-order valence-electron chi connectivity index (χ1n) is 8.22. The van der Waals surface area contributed by atoms with Gasteiger partial charge in [0.1, 0.15) is 5.75 Å².